The Bertz CT molecular complexity index is 1530. The highest BCUT2D eigenvalue weighted by atomic mass is 16.5. The number of hydrogen-bond acceptors (Lipinski definition) is 4. The third kappa shape index (κ3) is 5.01. The Morgan fingerprint density at radius 1 is 0.833 bits per heavy atom. The van der Waals surface area contributed by atoms with Crippen LogP contribution in [-0.2, 0) is 0 Å². The molecule has 0 atom stereocenters. The van der Waals surface area contributed by atoms with Crippen LogP contribution in [0.4, 0.5) is 5.82 Å². The van der Waals surface area contributed by atoms with Gasteiger partial charge in [0.2, 0.25) is 0 Å². The van der Waals surface area contributed by atoms with E-state index in [2.05, 4.69) is 49.5 Å². The van der Waals surface area contributed by atoms with Crippen LogP contribution in [0.5, 0.6) is 5.75 Å². The van der Waals surface area contributed by atoms with Gasteiger partial charge in [-0.3, -0.25) is 4.40 Å². The molecule has 3 aromatic carbocycles. The van der Waals surface area contributed by atoms with Crippen LogP contribution in [0.1, 0.15) is 36.7 Å². The number of fused-ring (bicyclic) bond motifs is 1. The van der Waals surface area contributed by atoms with E-state index in [1.165, 1.54) is 0 Å². The Morgan fingerprint density at radius 2 is 1.53 bits per heavy atom. The van der Waals surface area contributed by atoms with E-state index < -0.39 is 5.97 Å². The number of benzene rings is 3. The number of nitrogens with zero attached hydrogens (tertiary/aromatic N) is 2. The van der Waals surface area contributed by atoms with Crippen molar-refractivity contribution in [2.75, 3.05) is 5.32 Å². The average molecular weight is 476 g/mol. The Morgan fingerprint density at radius 3 is 2.25 bits per heavy atom. The van der Waals surface area contributed by atoms with Gasteiger partial charge in [-0.1, -0.05) is 54.6 Å². The fourth-order valence-corrected chi connectivity index (χ4v) is 4.12. The predicted molar refractivity (Wildman–Crippen MR) is 146 cm³/mol. The van der Waals surface area contributed by atoms with Crippen molar-refractivity contribution in [1.82, 2.24) is 9.38 Å². The molecular formula is C31H29N3O2. The lowest BCUT2D eigenvalue weighted by molar-refractivity contribution is 0.0735. The number of imidazole rings is 1. The molecule has 0 bridgehead atoms. The van der Waals surface area contributed by atoms with Crippen molar-refractivity contribution >= 4 is 17.4 Å². The summed E-state index contributed by atoms with van der Waals surface area (Å²) in [5.41, 5.74) is 6.17. The van der Waals surface area contributed by atoms with Crippen LogP contribution in [0.25, 0.3) is 28.0 Å². The summed E-state index contributed by atoms with van der Waals surface area (Å²) >= 11 is 0. The molecule has 2 heterocycles. The number of hydrogen-bond donors (Lipinski definition) is 1. The molecule has 2 aromatic heterocycles. The van der Waals surface area contributed by atoms with Crippen LogP contribution in [0.15, 0.2) is 97.2 Å². The van der Waals surface area contributed by atoms with Gasteiger partial charge in [0.05, 0.1) is 5.56 Å². The number of ether oxygens (including phenoxy) is 1. The molecule has 0 aliphatic rings. The lowest BCUT2D eigenvalue weighted by atomic mass is 10.0. The number of carbonyl (C=O) groups is 1. The third-order valence-electron chi connectivity index (χ3n) is 5.82. The van der Waals surface area contributed by atoms with Gasteiger partial charge in [-0.25, -0.2) is 9.78 Å². The van der Waals surface area contributed by atoms with Crippen molar-refractivity contribution in [3.63, 3.8) is 0 Å². The number of rotatable bonds is 5. The van der Waals surface area contributed by atoms with E-state index in [1.54, 1.807) is 18.2 Å². The number of esters is 1. The van der Waals surface area contributed by atoms with Crippen molar-refractivity contribution in [3.8, 4) is 28.1 Å². The second-order valence-corrected chi connectivity index (χ2v) is 9.98. The zero-order valence-electron chi connectivity index (χ0n) is 20.9. The highest BCUT2D eigenvalue weighted by Crippen LogP contribution is 2.33. The van der Waals surface area contributed by atoms with E-state index in [1.807, 2.05) is 66.9 Å². The van der Waals surface area contributed by atoms with Gasteiger partial charge in [0.1, 0.15) is 22.9 Å². The topological polar surface area (TPSA) is 55.6 Å². The smallest absolute Gasteiger partial charge is 0.343 e. The van der Waals surface area contributed by atoms with E-state index in [9.17, 15) is 4.79 Å². The first-order valence-electron chi connectivity index (χ1n) is 12.0. The summed E-state index contributed by atoms with van der Waals surface area (Å²) in [6.45, 7) is 8.40. The molecule has 180 valence electrons. The first-order valence-corrected chi connectivity index (χ1v) is 12.0. The SMILES string of the molecule is Cc1ccn2c(NC(C)(C)C)c(-c3cccc(OC(=O)c4ccc(-c5ccccc5)cc4)c3)nc2c1. The maximum Gasteiger partial charge on any atom is 0.343 e. The van der Waals surface area contributed by atoms with Gasteiger partial charge in [0.25, 0.3) is 0 Å². The lowest BCUT2D eigenvalue weighted by Crippen LogP contribution is -2.27. The standard InChI is InChI=1S/C31H29N3O2/c1-21-17-18-34-27(19-21)32-28(29(34)33-31(2,3)4)25-11-8-12-26(20-25)36-30(35)24-15-13-23(14-16-24)22-9-6-5-7-10-22/h5-20,33H,1-4H3. The monoisotopic (exact) mass is 475 g/mol. The van der Waals surface area contributed by atoms with E-state index in [-0.39, 0.29) is 5.54 Å². The molecule has 1 N–H and O–H groups in total. The summed E-state index contributed by atoms with van der Waals surface area (Å²) in [5.74, 6) is 0.975. The van der Waals surface area contributed by atoms with Crippen LogP contribution >= 0.6 is 0 Å². The average Bonchev–Trinajstić information content (AvgIpc) is 3.20. The molecule has 0 spiro atoms. The van der Waals surface area contributed by atoms with Crippen LogP contribution < -0.4 is 10.1 Å². The van der Waals surface area contributed by atoms with Crippen molar-refractivity contribution in [1.29, 1.82) is 0 Å². The molecular weight excluding hydrogens is 446 g/mol. The summed E-state index contributed by atoms with van der Waals surface area (Å²) in [5, 5.41) is 3.59. The molecule has 0 unspecified atom stereocenters. The first kappa shape index (κ1) is 23.4. The largest absolute Gasteiger partial charge is 0.423 e. The molecule has 5 nitrogen and oxygen atoms in total. The number of pyridine rings is 1. The minimum atomic E-state index is -0.398. The molecule has 0 amide bonds. The Kier molecular flexibility index (Phi) is 6.06. The molecule has 0 saturated heterocycles. The Hall–Kier alpha value is -4.38. The van der Waals surface area contributed by atoms with E-state index in [0.717, 1.165) is 39.4 Å². The minimum absolute atomic E-state index is 0.161. The van der Waals surface area contributed by atoms with Crippen LogP contribution in [0.3, 0.4) is 0 Å². The Labute approximate surface area is 211 Å². The summed E-state index contributed by atoms with van der Waals surface area (Å²) < 4.78 is 7.80. The second kappa shape index (κ2) is 9.34. The van der Waals surface area contributed by atoms with E-state index >= 15 is 0 Å². The van der Waals surface area contributed by atoms with Gasteiger partial charge >= 0.3 is 5.97 Å². The summed E-state index contributed by atoms with van der Waals surface area (Å²) in [7, 11) is 0. The van der Waals surface area contributed by atoms with Gasteiger partial charge in [-0.05, 0) is 80.8 Å². The van der Waals surface area contributed by atoms with E-state index in [0.29, 0.717) is 11.3 Å². The number of nitrogens with one attached hydrogen (secondary N) is 1. The Balaban J connectivity index is 1.43. The van der Waals surface area contributed by atoms with Crippen molar-refractivity contribution in [2.24, 2.45) is 0 Å². The molecule has 5 rings (SSSR count). The van der Waals surface area contributed by atoms with E-state index in [4.69, 9.17) is 9.72 Å². The fourth-order valence-electron chi connectivity index (χ4n) is 4.12. The van der Waals surface area contributed by atoms with Crippen LogP contribution in [-0.4, -0.2) is 20.9 Å². The number of aromatic nitrogens is 2. The number of carbonyl (C=O) groups excluding carboxylic acids is 1. The van der Waals surface area contributed by atoms with Crippen molar-refractivity contribution in [2.45, 2.75) is 33.2 Å². The zero-order valence-corrected chi connectivity index (χ0v) is 20.9. The molecule has 5 heteroatoms. The highest BCUT2D eigenvalue weighted by molar-refractivity contribution is 5.92. The van der Waals surface area contributed by atoms with Crippen molar-refractivity contribution < 1.29 is 9.53 Å². The summed E-state index contributed by atoms with van der Waals surface area (Å²) in [6.07, 6.45) is 2.03. The van der Waals surface area contributed by atoms with Gasteiger partial charge in [-0.15, -0.1) is 0 Å². The maximum atomic E-state index is 12.9. The van der Waals surface area contributed by atoms with Gasteiger partial charge in [0.15, 0.2) is 0 Å². The lowest BCUT2D eigenvalue weighted by Gasteiger charge is -2.22. The molecule has 0 aliphatic heterocycles. The molecule has 0 fully saturated rings. The summed E-state index contributed by atoms with van der Waals surface area (Å²) in [6, 6.07) is 29.2. The zero-order chi connectivity index (χ0) is 25.3. The first-order chi connectivity index (χ1) is 17.3. The molecule has 5 aromatic rings. The third-order valence-corrected chi connectivity index (χ3v) is 5.82. The summed E-state index contributed by atoms with van der Waals surface area (Å²) in [4.78, 5) is 17.8. The van der Waals surface area contributed by atoms with Crippen molar-refractivity contribution in [3.05, 3.63) is 108 Å². The second-order valence-electron chi connectivity index (χ2n) is 9.98. The van der Waals surface area contributed by atoms with Gasteiger partial charge in [0, 0.05) is 17.3 Å². The maximum absolute atomic E-state index is 12.9. The molecule has 0 radical (unpaired) electrons. The van der Waals surface area contributed by atoms with Crippen LogP contribution in [0, 0.1) is 6.92 Å². The molecule has 36 heavy (non-hydrogen) atoms. The quantitative estimate of drug-likeness (QED) is 0.212. The molecule has 0 aliphatic carbocycles. The normalized spacial score (nSPS) is 11.4. The fraction of sp³-hybridized carbons (Fsp3) is 0.161. The van der Waals surface area contributed by atoms with Gasteiger partial charge in [-0.2, -0.15) is 0 Å². The highest BCUT2D eigenvalue weighted by Gasteiger charge is 2.20. The number of aryl methyl sites for hydroxylation is 1. The number of anilines is 1. The molecule has 0 saturated carbocycles. The minimum Gasteiger partial charge on any atom is -0.423 e. The predicted octanol–water partition coefficient (Wildman–Crippen LogP) is 7.41. The van der Waals surface area contributed by atoms with Crippen LogP contribution in [0.2, 0.25) is 0 Å². The van der Waals surface area contributed by atoms with Gasteiger partial charge < -0.3 is 10.1 Å².